The second kappa shape index (κ2) is 5.24. The highest BCUT2D eigenvalue weighted by molar-refractivity contribution is 6.28. The molecule has 100 valence electrons. The minimum Gasteiger partial charge on any atom is -0.394 e. The second-order valence-electron chi connectivity index (χ2n) is 4.81. The van der Waals surface area contributed by atoms with Crippen LogP contribution < -0.4 is 9.80 Å². The van der Waals surface area contributed by atoms with Crippen molar-refractivity contribution in [3.05, 3.63) is 5.28 Å². The molecule has 0 spiro atoms. The Morgan fingerprint density at radius 2 is 2.11 bits per heavy atom. The van der Waals surface area contributed by atoms with Gasteiger partial charge in [0.1, 0.15) is 0 Å². The van der Waals surface area contributed by atoms with Gasteiger partial charge in [0.2, 0.25) is 17.2 Å². The van der Waals surface area contributed by atoms with Crippen LogP contribution in [-0.4, -0.2) is 53.3 Å². The topological polar surface area (TPSA) is 65.4 Å². The summed E-state index contributed by atoms with van der Waals surface area (Å²) in [6.45, 7) is 3.05. The Morgan fingerprint density at radius 3 is 2.72 bits per heavy atom. The first kappa shape index (κ1) is 13.3. The fourth-order valence-electron chi connectivity index (χ4n) is 2.19. The van der Waals surface area contributed by atoms with Gasteiger partial charge in [0.05, 0.1) is 12.6 Å². The van der Waals surface area contributed by atoms with Crippen molar-refractivity contribution >= 4 is 23.5 Å². The van der Waals surface area contributed by atoms with E-state index in [4.69, 9.17) is 11.6 Å². The molecule has 1 aliphatic rings. The maximum absolute atomic E-state index is 9.46. The Balaban J connectivity index is 2.33. The molecule has 18 heavy (non-hydrogen) atoms. The predicted octanol–water partition coefficient (Wildman–Crippen LogP) is 0.798. The molecule has 2 heterocycles. The lowest BCUT2D eigenvalue weighted by atomic mass is 10.0. The summed E-state index contributed by atoms with van der Waals surface area (Å²) in [6, 6.07) is 0.0541. The van der Waals surface area contributed by atoms with Crippen molar-refractivity contribution in [2.75, 3.05) is 37.0 Å². The Morgan fingerprint density at radius 1 is 1.39 bits per heavy atom. The summed E-state index contributed by atoms with van der Waals surface area (Å²) in [5.41, 5.74) is 0. The molecule has 7 heteroatoms. The lowest BCUT2D eigenvalue weighted by molar-refractivity contribution is 0.244. The number of aromatic nitrogens is 3. The number of hydrogen-bond donors (Lipinski definition) is 1. The van der Waals surface area contributed by atoms with Gasteiger partial charge in [0.25, 0.3) is 0 Å². The van der Waals surface area contributed by atoms with E-state index < -0.39 is 0 Å². The number of anilines is 2. The zero-order chi connectivity index (χ0) is 13.3. The lowest BCUT2D eigenvalue weighted by Gasteiger charge is -2.25. The van der Waals surface area contributed by atoms with E-state index >= 15 is 0 Å². The number of aliphatic hydroxyl groups is 1. The highest BCUT2D eigenvalue weighted by Gasteiger charge is 2.32. The van der Waals surface area contributed by atoms with Gasteiger partial charge in [-0.1, -0.05) is 6.92 Å². The van der Waals surface area contributed by atoms with Crippen LogP contribution in [0.2, 0.25) is 5.28 Å². The van der Waals surface area contributed by atoms with Crippen molar-refractivity contribution in [3.63, 3.8) is 0 Å². The van der Waals surface area contributed by atoms with E-state index in [-0.39, 0.29) is 17.9 Å². The monoisotopic (exact) mass is 271 g/mol. The van der Waals surface area contributed by atoms with Crippen LogP contribution in [0.1, 0.15) is 13.3 Å². The maximum atomic E-state index is 9.46. The Labute approximate surface area is 112 Å². The van der Waals surface area contributed by atoms with Crippen LogP contribution in [0.5, 0.6) is 0 Å². The molecule has 0 aromatic carbocycles. The summed E-state index contributed by atoms with van der Waals surface area (Å²) in [5, 5.41) is 9.64. The lowest BCUT2D eigenvalue weighted by Crippen LogP contribution is -2.36. The molecule has 1 aromatic rings. The van der Waals surface area contributed by atoms with Crippen LogP contribution in [0.3, 0.4) is 0 Å². The SMILES string of the molecule is CC1CCN(c2nc(Cl)nc(N(C)C)n2)C1CO. The molecule has 0 amide bonds. The van der Waals surface area contributed by atoms with Gasteiger partial charge in [0.15, 0.2) is 0 Å². The molecule has 1 saturated heterocycles. The van der Waals surface area contributed by atoms with Crippen LogP contribution in [0.4, 0.5) is 11.9 Å². The van der Waals surface area contributed by atoms with Gasteiger partial charge >= 0.3 is 0 Å². The van der Waals surface area contributed by atoms with Crippen LogP contribution >= 0.6 is 11.6 Å². The first-order chi connectivity index (χ1) is 8.52. The molecule has 2 atom stereocenters. The Bertz CT molecular complexity index is 428. The Hall–Kier alpha value is -1.14. The highest BCUT2D eigenvalue weighted by atomic mass is 35.5. The van der Waals surface area contributed by atoms with Crippen molar-refractivity contribution in [2.24, 2.45) is 5.92 Å². The summed E-state index contributed by atoms with van der Waals surface area (Å²) >= 11 is 5.92. The van der Waals surface area contributed by atoms with Gasteiger partial charge in [-0.25, -0.2) is 0 Å². The normalized spacial score (nSPS) is 23.5. The molecule has 1 N–H and O–H groups in total. The Kier molecular flexibility index (Phi) is 3.87. The number of halogens is 1. The van der Waals surface area contributed by atoms with E-state index in [1.807, 2.05) is 19.0 Å². The van der Waals surface area contributed by atoms with E-state index in [1.165, 1.54) is 0 Å². The van der Waals surface area contributed by atoms with Crippen molar-refractivity contribution < 1.29 is 5.11 Å². The van der Waals surface area contributed by atoms with E-state index in [0.29, 0.717) is 17.8 Å². The molecule has 6 nitrogen and oxygen atoms in total. The molecule has 0 saturated carbocycles. The number of aliphatic hydroxyl groups excluding tert-OH is 1. The fourth-order valence-corrected chi connectivity index (χ4v) is 2.34. The standard InChI is InChI=1S/C11H18ClN5O/c1-7-4-5-17(8(7)6-18)11-14-9(12)13-10(15-11)16(2)3/h7-8,18H,4-6H2,1-3H3. The summed E-state index contributed by atoms with van der Waals surface area (Å²) in [7, 11) is 3.71. The van der Waals surface area contributed by atoms with Gasteiger partial charge in [-0.05, 0) is 23.9 Å². The van der Waals surface area contributed by atoms with Gasteiger partial charge in [-0.15, -0.1) is 0 Å². The molecule has 2 rings (SSSR count). The molecular weight excluding hydrogens is 254 g/mol. The quantitative estimate of drug-likeness (QED) is 0.877. The molecule has 2 unspecified atom stereocenters. The maximum Gasteiger partial charge on any atom is 0.231 e. The fraction of sp³-hybridized carbons (Fsp3) is 0.727. The van der Waals surface area contributed by atoms with E-state index in [2.05, 4.69) is 21.9 Å². The largest absolute Gasteiger partial charge is 0.394 e. The van der Waals surface area contributed by atoms with Crippen LogP contribution in [0.15, 0.2) is 0 Å². The number of rotatable bonds is 3. The third-order valence-electron chi connectivity index (χ3n) is 3.31. The molecule has 0 radical (unpaired) electrons. The van der Waals surface area contributed by atoms with Gasteiger partial charge in [-0.2, -0.15) is 15.0 Å². The smallest absolute Gasteiger partial charge is 0.231 e. The van der Waals surface area contributed by atoms with E-state index in [1.54, 1.807) is 4.90 Å². The van der Waals surface area contributed by atoms with Gasteiger partial charge in [0, 0.05) is 20.6 Å². The molecule has 1 aliphatic heterocycles. The van der Waals surface area contributed by atoms with Crippen molar-refractivity contribution in [1.29, 1.82) is 0 Å². The molecule has 1 fully saturated rings. The first-order valence-corrected chi connectivity index (χ1v) is 6.37. The van der Waals surface area contributed by atoms with Crippen LogP contribution in [0.25, 0.3) is 0 Å². The average molecular weight is 272 g/mol. The number of hydrogen-bond acceptors (Lipinski definition) is 6. The minimum absolute atomic E-state index is 0.0541. The van der Waals surface area contributed by atoms with Crippen molar-refractivity contribution in [1.82, 2.24) is 15.0 Å². The third kappa shape index (κ3) is 2.49. The molecular formula is C11H18ClN5O. The van der Waals surface area contributed by atoms with Crippen molar-refractivity contribution in [3.8, 4) is 0 Å². The average Bonchev–Trinajstić information content (AvgIpc) is 2.69. The second-order valence-corrected chi connectivity index (χ2v) is 5.15. The minimum atomic E-state index is 0.0541. The van der Waals surface area contributed by atoms with Gasteiger partial charge < -0.3 is 14.9 Å². The highest BCUT2D eigenvalue weighted by Crippen LogP contribution is 2.28. The molecule has 0 aliphatic carbocycles. The summed E-state index contributed by atoms with van der Waals surface area (Å²) < 4.78 is 0. The van der Waals surface area contributed by atoms with Crippen molar-refractivity contribution in [2.45, 2.75) is 19.4 Å². The van der Waals surface area contributed by atoms with Gasteiger partial charge in [-0.3, -0.25) is 0 Å². The zero-order valence-corrected chi connectivity index (χ0v) is 11.6. The molecule has 0 bridgehead atoms. The first-order valence-electron chi connectivity index (χ1n) is 5.99. The zero-order valence-electron chi connectivity index (χ0n) is 10.8. The predicted molar refractivity (Wildman–Crippen MR) is 71.2 cm³/mol. The van der Waals surface area contributed by atoms with Crippen LogP contribution in [0, 0.1) is 5.92 Å². The summed E-state index contributed by atoms with van der Waals surface area (Å²) in [5.74, 6) is 1.50. The number of nitrogens with zero attached hydrogens (tertiary/aromatic N) is 5. The molecule has 1 aromatic heterocycles. The third-order valence-corrected chi connectivity index (χ3v) is 3.48. The summed E-state index contributed by atoms with van der Waals surface area (Å²) in [6.07, 6.45) is 1.02. The summed E-state index contributed by atoms with van der Waals surface area (Å²) in [4.78, 5) is 16.4. The van der Waals surface area contributed by atoms with Crippen LogP contribution in [-0.2, 0) is 0 Å². The van der Waals surface area contributed by atoms with E-state index in [9.17, 15) is 5.11 Å². The van der Waals surface area contributed by atoms with E-state index in [0.717, 1.165) is 13.0 Å².